The van der Waals surface area contributed by atoms with Gasteiger partial charge in [-0.3, -0.25) is 9.59 Å². The SMILES string of the molecule is CCCS(=O)(=O)C1=C(C(=O)O)N2C(=O)[C@@H](NC(=O)/C(=N/OCCBr)c3csc(N)n3)CN2C1. The second kappa shape index (κ2) is 10.1. The van der Waals surface area contributed by atoms with Gasteiger partial charge in [-0.1, -0.05) is 28.0 Å². The number of nitrogens with two attached hydrogens (primary N) is 1. The van der Waals surface area contributed by atoms with Gasteiger partial charge in [-0.05, 0) is 6.42 Å². The first kappa shape index (κ1) is 25.1. The Morgan fingerprint density at radius 2 is 2.21 bits per heavy atom. The highest BCUT2D eigenvalue weighted by atomic mass is 79.9. The molecule has 0 saturated carbocycles. The lowest BCUT2D eigenvalue weighted by Crippen LogP contribution is -2.46. The Morgan fingerprint density at radius 3 is 2.79 bits per heavy atom. The number of nitrogens with one attached hydrogen (secondary N) is 1. The average Bonchev–Trinajstić information content (AvgIpc) is 3.41. The first-order chi connectivity index (χ1) is 15.6. The summed E-state index contributed by atoms with van der Waals surface area (Å²) in [4.78, 5) is 46.4. The number of anilines is 1. The standard InChI is InChI=1S/C17H21BrN6O7S2/c1-2-5-33(29,30)11-7-23-6-9(15(26)24(23)13(11)16(27)28)20-14(25)12(22-31-4-3-18)10-8-32-17(19)21-10/h8-9H,2-7H2,1H3,(H2,19,21)(H,20,25)(H,27,28)/b22-12+/t9-/m0/s1. The van der Waals surface area contributed by atoms with Crippen LogP contribution in [-0.4, -0.2) is 88.8 Å². The van der Waals surface area contributed by atoms with E-state index in [2.05, 4.69) is 31.4 Å². The number of carboxylic acids is 1. The van der Waals surface area contributed by atoms with Gasteiger partial charge in [0.05, 0.1) is 17.2 Å². The molecule has 1 atom stereocenters. The highest BCUT2D eigenvalue weighted by Gasteiger charge is 2.50. The van der Waals surface area contributed by atoms with Crippen molar-refractivity contribution in [1.82, 2.24) is 20.3 Å². The quantitative estimate of drug-likeness (QED) is 0.145. The molecule has 3 rings (SSSR count). The number of aromatic nitrogens is 1. The molecule has 0 spiro atoms. The number of hydrogen-bond donors (Lipinski definition) is 3. The maximum Gasteiger partial charge on any atom is 0.355 e. The third kappa shape index (κ3) is 5.18. The van der Waals surface area contributed by atoms with Crippen molar-refractivity contribution in [2.45, 2.75) is 19.4 Å². The fourth-order valence-electron chi connectivity index (χ4n) is 3.33. The van der Waals surface area contributed by atoms with Crippen molar-refractivity contribution < 1.29 is 32.7 Å². The molecule has 0 aromatic carbocycles. The van der Waals surface area contributed by atoms with Crippen molar-refractivity contribution in [2.75, 3.05) is 36.5 Å². The summed E-state index contributed by atoms with van der Waals surface area (Å²) in [5.41, 5.74) is 4.95. The number of thiazole rings is 1. The van der Waals surface area contributed by atoms with E-state index in [-0.39, 0.29) is 46.9 Å². The van der Waals surface area contributed by atoms with Gasteiger partial charge < -0.3 is 21.0 Å². The Hall–Kier alpha value is -2.56. The van der Waals surface area contributed by atoms with Gasteiger partial charge in [0.1, 0.15) is 18.3 Å². The van der Waals surface area contributed by atoms with Crippen molar-refractivity contribution >= 4 is 65.7 Å². The normalized spacial score (nSPS) is 19.2. The Balaban J connectivity index is 1.84. The van der Waals surface area contributed by atoms with Crippen molar-refractivity contribution in [3.8, 4) is 0 Å². The molecule has 0 bridgehead atoms. The third-order valence-electron chi connectivity index (χ3n) is 4.65. The molecule has 33 heavy (non-hydrogen) atoms. The fourth-order valence-corrected chi connectivity index (χ4v) is 5.62. The largest absolute Gasteiger partial charge is 0.476 e. The number of amides is 2. The molecule has 16 heteroatoms. The summed E-state index contributed by atoms with van der Waals surface area (Å²) in [6, 6.07) is -1.14. The molecule has 2 aliphatic rings. The summed E-state index contributed by atoms with van der Waals surface area (Å²) in [6.07, 6.45) is 0.297. The first-order valence-corrected chi connectivity index (χ1v) is 13.3. The molecule has 4 N–H and O–H groups in total. The summed E-state index contributed by atoms with van der Waals surface area (Å²) < 4.78 is 25.0. The molecule has 13 nitrogen and oxygen atoms in total. The van der Waals surface area contributed by atoms with E-state index >= 15 is 0 Å². The summed E-state index contributed by atoms with van der Waals surface area (Å²) in [5, 5.41) is 20.1. The number of oxime groups is 1. The van der Waals surface area contributed by atoms with Gasteiger partial charge in [-0.15, -0.1) is 11.3 Å². The van der Waals surface area contributed by atoms with Gasteiger partial charge >= 0.3 is 5.97 Å². The molecule has 2 aliphatic heterocycles. The zero-order valence-electron chi connectivity index (χ0n) is 17.4. The van der Waals surface area contributed by atoms with Crippen LogP contribution in [-0.2, 0) is 29.1 Å². The van der Waals surface area contributed by atoms with Gasteiger partial charge in [0.2, 0.25) is 0 Å². The predicted octanol–water partition coefficient (Wildman–Crippen LogP) is -0.480. The number of halogens is 1. The van der Waals surface area contributed by atoms with Crippen LogP contribution in [0.1, 0.15) is 19.0 Å². The van der Waals surface area contributed by atoms with E-state index in [1.807, 2.05) is 0 Å². The molecule has 3 heterocycles. The van der Waals surface area contributed by atoms with Crippen molar-refractivity contribution in [2.24, 2.45) is 5.16 Å². The smallest absolute Gasteiger partial charge is 0.355 e. The van der Waals surface area contributed by atoms with Crippen molar-refractivity contribution in [3.63, 3.8) is 0 Å². The predicted molar refractivity (Wildman–Crippen MR) is 122 cm³/mol. The summed E-state index contributed by atoms with van der Waals surface area (Å²) in [5.74, 6) is -3.34. The van der Waals surface area contributed by atoms with Crippen LogP contribution in [0.25, 0.3) is 0 Å². The van der Waals surface area contributed by atoms with Gasteiger partial charge in [-0.2, -0.15) is 0 Å². The minimum Gasteiger partial charge on any atom is -0.476 e. The van der Waals surface area contributed by atoms with E-state index in [0.717, 1.165) is 16.3 Å². The summed E-state index contributed by atoms with van der Waals surface area (Å²) >= 11 is 4.26. The van der Waals surface area contributed by atoms with E-state index in [9.17, 15) is 27.9 Å². The highest BCUT2D eigenvalue weighted by molar-refractivity contribution is 9.09. The van der Waals surface area contributed by atoms with E-state index in [4.69, 9.17) is 10.6 Å². The second-order valence-electron chi connectivity index (χ2n) is 6.95. The monoisotopic (exact) mass is 564 g/mol. The van der Waals surface area contributed by atoms with Crippen LogP contribution in [0.2, 0.25) is 0 Å². The molecule has 0 radical (unpaired) electrons. The topological polar surface area (TPSA) is 185 Å². The average molecular weight is 565 g/mol. The van der Waals surface area contributed by atoms with Gasteiger partial charge in [0.25, 0.3) is 11.8 Å². The van der Waals surface area contributed by atoms with Crippen LogP contribution in [0.3, 0.4) is 0 Å². The van der Waals surface area contributed by atoms with Crippen LogP contribution < -0.4 is 11.1 Å². The van der Waals surface area contributed by atoms with Crippen LogP contribution >= 0.6 is 27.3 Å². The fraction of sp³-hybridized carbons (Fsp3) is 0.471. The lowest BCUT2D eigenvalue weighted by Gasteiger charge is -2.18. The summed E-state index contributed by atoms with van der Waals surface area (Å²) in [6.45, 7) is 1.42. The number of carboxylic acid groups (broad SMARTS) is 1. The maximum atomic E-state index is 13.0. The first-order valence-electron chi connectivity index (χ1n) is 9.66. The minimum absolute atomic E-state index is 0.124. The number of alkyl halides is 1. The van der Waals surface area contributed by atoms with Crippen molar-refractivity contribution in [3.05, 3.63) is 21.7 Å². The Labute approximate surface area is 201 Å². The number of hydrogen-bond acceptors (Lipinski definition) is 11. The minimum atomic E-state index is -3.85. The van der Waals surface area contributed by atoms with E-state index < -0.39 is 39.4 Å². The van der Waals surface area contributed by atoms with E-state index in [1.165, 1.54) is 10.4 Å². The van der Waals surface area contributed by atoms with E-state index in [0.29, 0.717) is 11.8 Å². The van der Waals surface area contributed by atoms with Crippen LogP contribution in [0, 0.1) is 0 Å². The maximum absolute atomic E-state index is 13.0. The van der Waals surface area contributed by atoms with E-state index in [1.54, 1.807) is 6.92 Å². The number of carbonyl (C=O) groups is 3. The number of nitrogens with zero attached hydrogens (tertiary/aromatic N) is 4. The molecule has 1 fully saturated rings. The zero-order valence-corrected chi connectivity index (χ0v) is 20.6. The summed E-state index contributed by atoms with van der Waals surface area (Å²) in [7, 11) is -3.85. The Bertz CT molecular complexity index is 1130. The number of sulfone groups is 1. The number of nitrogen functional groups attached to an aromatic ring is 1. The highest BCUT2D eigenvalue weighted by Crippen LogP contribution is 2.32. The Kier molecular flexibility index (Phi) is 7.71. The molecule has 0 unspecified atom stereocenters. The molecular weight excluding hydrogens is 544 g/mol. The van der Waals surface area contributed by atoms with Crippen LogP contribution in [0.15, 0.2) is 21.1 Å². The molecule has 180 valence electrons. The molecule has 1 aromatic rings. The molecule has 1 saturated heterocycles. The Morgan fingerprint density at radius 1 is 1.48 bits per heavy atom. The lowest BCUT2D eigenvalue weighted by molar-refractivity contribution is -0.143. The van der Waals surface area contributed by atoms with Crippen LogP contribution in [0.5, 0.6) is 0 Å². The number of rotatable bonds is 10. The molecule has 0 aliphatic carbocycles. The van der Waals surface area contributed by atoms with Gasteiger partial charge in [0.15, 0.2) is 26.4 Å². The van der Waals surface area contributed by atoms with Crippen LogP contribution in [0.4, 0.5) is 5.13 Å². The molecule has 2 amide bonds. The number of fused-ring (bicyclic) bond motifs is 1. The number of carbonyl (C=O) groups excluding carboxylic acids is 2. The van der Waals surface area contributed by atoms with Gasteiger partial charge in [0, 0.05) is 17.3 Å². The second-order valence-corrected chi connectivity index (χ2v) is 10.8. The molecular formula is C17H21BrN6O7S2. The van der Waals surface area contributed by atoms with Gasteiger partial charge in [-0.25, -0.2) is 28.2 Å². The number of hydrazine groups is 1. The van der Waals surface area contributed by atoms with Crippen molar-refractivity contribution in [1.29, 1.82) is 0 Å². The third-order valence-corrected chi connectivity index (χ3v) is 7.66. The lowest BCUT2D eigenvalue weighted by atomic mass is 10.2. The zero-order chi connectivity index (χ0) is 24.3. The molecule has 1 aromatic heterocycles. The number of aliphatic carboxylic acids is 1.